The van der Waals surface area contributed by atoms with Gasteiger partial charge in [-0.05, 0) is 108 Å². The SMILES string of the molecule is C.CCC(C)(C)C(=O)OC1C2CCC1OC(=O)C(C)C2.CCC(C)C(=O)OC1(CC)C2CC3CC(C2)CC1C3. The monoisotopic (exact) mass is 548 g/mol. The molecule has 6 bridgehead atoms. The number of esters is 3. The molecule has 6 aliphatic rings. The summed E-state index contributed by atoms with van der Waals surface area (Å²) in [5, 5.41) is 0. The van der Waals surface area contributed by atoms with Crippen molar-refractivity contribution >= 4 is 17.9 Å². The van der Waals surface area contributed by atoms with Crippen LogP contribution < -0.4 is 0 Å². The van der Waals surface area contributed by atoms with Gasteiger partial charge in [0.15, 0.2) is 0 Å². The van der Waals surface area contributed by atoms with Crippen molar-refractivity contribution in [3.8, 4) is 0 Å². The molecule has 0 N–H and O–H groups in total. The second-order valence-corrected chi connectivity index (χ2v) is 13.9. The highest BCUT2D eigenvalue weighted by atomic mass is 16.6. The number of carbonyl (C=O) groups excluding carboxylic acids is 3. The molecule has 0 aromatic rings. The van der Waals surface area contributed by atoms with Gasteiger partial charge in [0.2, 0.25) is 0 Å². The highest BCUT2D eigenvalue weighted by Crippen LogP contribution is 2.60. The summed E-state index contributed by atoms with van der Waals surface area (Å²) in [6.45, 7) is 13.9. The second-order valence-electron chi connectivity index (χ2n) is 13.9. The number of carbonyl (C=O) groups is 3. The molecule has 0 amide bonds. The number of hydrogen-bond acceptors (Lipinski definition) is 6. The van der Waals surface area contributed by atoms with Gasteiger partial charge in [0.1, 0.15) is 17.8 Å². The molecule has 0 radical (unpaired) electrons. The maximum atomic E-state index is 12.3. The van der Waals surface area contributed by atoms with Crippen LogP contribution in [0.1, 0.15) is 127 Å². The molecule has 6 nitrogen and oxygen atoms in total. The molecule has 5 atom stereocenters. The second kappa shape index (κ2) is 12.5. The molecule has 39 heavy (non-hydrogen) atoms. The Morgan fingerprint density at radius 2 is 1.59 bits per heavy atom. The van der Waals surface area contributed by atoms with Gasteiger partial charge in [0.05, 0.1) is 17.3 Å². The van der Waals surface area contributed by atoms with Gasteiger partial charge in [-0.3, -0.25) is 14.4 Å². The van der Waals surface area contributed by atoms with Crippen LogP contribution in [0.15, 0.2) is 0 Å². The molecule has 0 aromatic heterocycles. The predicted molar refractivity (Wildman–Crippen MR) is 153 cm³/mol. The zero-order valence-corrected chi connectivity index (χ0v) is 24.9. The molecule has 6 fully saturated rings. The van der Waals surface area contributed by atoms with Gasteiger partial charge in [-0.15, -0.1) is 0 Å². The van der Waals surface area contributed by atoms with Gasteiger partial charge in [-0.25, -0.2) is 0 Å². The summed E-state index contributed by atoms with van der Waals surface area (Å²) >= 11 is 0. The summed E-state index contributed by atoms with van der Waals surface area (Å²) in [5.41, 5.74) is -0.574. The van der Waals surface area contributed by atoms with E-state index < -0.39 is 5.41 Å². The molecular formula is C33H56O6. The number of hydrogen-bond donors (Lipinski definition) is 0. The Balaban J connectivity index is 0.000000210. The third-order valence-corrected chi connectivity index (χ3v) is 11.0. The van der Waals surface area contributed by atoms with Gasteiger partial charge in [-0.2, -0.15) is 0 Å². The average molecular weight is 549 g/mol. The van der Waals surface area contributed by atoms with Crippen molar-refractivity contribution in [3.05, 3.63) is 0 Å². The fraction of sp³-hybridized carbons (Fsp3) is 0.909. The Kier molecular flexibility index (Phi) is 10.2. The molecule has 5 unspecified atom stereocenters. The lowest BCUT2D eigenvalue weighted by Crippen LogP contribution is -2.59. The summed E-state index contributed by atoms with van der Waals surface area (Å²) in [4.78, 5) is 36.2. The first kappa shape index (κ1) is 31.9. The molecule has 1 aliphatic heterocycles. The largest absolute Gasteiger partial charge is 0.458 e. The van der Waals surface area contributed by atoms with E-state index in [2.05, 4.69) is 13.8 Å². The third-order valence-electron chi connectivity index (χ3n) is 11.0. The van der Waals surface area contributed by atoms with E-state index in [0.717, 1.165) is 50.4 Å². The highest BCUT2D eigenvalue weighted by Gasteiger charge is 2.58. The Hall–Kier alpha value is -1.59. The van der Waals surface area contributed by atoms with E-state index in [1.165, 1.54) is 32.1 Å². The number of rotatable bonds is 7. The summed E-state index contributed by atoms with van der Waals surface area (Å²) in [7, 11) is 0. The summed E-state index contributed by atoms with van der Waals surface area (Å²) in [6, 6.07) is 0. The first-order valence-electron chi connectivity index (χ1n) is 15.6. The first-order chi connectivity index (χ1) is 17.9. The first-order valence-corrected chi connectivity index (χ1v) is 15.6. The molecule has 1 saturated heterocycles. The van der Waals surface area contributed by atoms with Gasteiger partial charge in [0, 0.05) is 5.92 Å². The quantitative estimate of drug-likeness (QED) is 0.242. The standard InChI is InChI=1S/C17H28O2.C15H24O4.CH4/c1-4-11(3)16(18)19-17(5-2)14-7-12-6-13(9-14)10-15(17)8-12;1-5-15(3,4)14(17)19-12-10-6-7-11(12)18-13(16)9(2)8-10;/h11-15H,4-10H2,1-3H3;9-12H,5-8H2,1-4H3;1H4. The minimum absolute atomic E-state index is 0. The molecule has 0 aromatic carbocycles. The Labute approximate surface area is 237 Å². The number of fused-ring (bicyclic) bond motifs is 2. The lowest BCUT2D eigenvalue weighted by molar-refractivity contribution is -0.214. The van der Waals surface area contributed by atoms with E-state index >= 15 is 0 Å². The van der Waals surface area contributed by atoms with Crippen molar-refractivity contribution in [3.63, 3.8) is 0 Å². The molecule has 6 heteroatoms. The zero-order chi connectivity index (χ0) is 27.8. The lowest BCUT2D eigenvalue weighted by atomic mass is 9.49. The van der Waals surface area contributed by atoms with Gasteiger partial charge >= 0.3 is 17.9 Å². The Morgan fingerprint density at radius 3 is 2.10 bits per heavy atom. The van der Waals surface area contributed by atoms with Crippen molar-refractivity contribution in [1.29, 1.82) is 0 Å². The molecule has 1 heterocycles. The van der Waals surface area contributed by atoms with Gasteiger partial charge in [-0.1, -0.05) is 42.0 Å². The average Bonchev–Trinajstić information content (AvgIpc) is 3.20. The smallest absolute Gasteiger partial charge is 0.311 e. The van der Waals surface area contributed by atoms with Crippen molar-refractivity contribution in [2.75, 3.05) is 0 Å². The fourth-order valence-corrected chi connectivity index (χ4v) is 8.06. The van der Waals surface area contributed by atoms with Crippen molar-refractivity contribution in [2.24, 2.45) is 46.8 Å². The molecule has 5 saturated carbocycles. The van der Waals surface area contributed by atoms with Gasteiger partial charge < -0.3 is 14.2 Å². The molecule has 224 valence electrons. The van der Waals surface area contributed by atoms with Crippen LogP contribution in [0.25, 0.3) is 0 Å². The maximum Gasteiger partial charge on any atom is 0.311 e. The van der Waals surface area contributed by atoms with Gasteiger partial charge in [0.25, 0.3) is 0 Å². The molecular weight excluding hydrogens is 492 g/mol. The lowest BCUT2D eigenvalue weighted by Gasteiger charge is -2.60. The topological polar surface area (TPSA) is 78.9 Å². The zero-order valence-electron chi connectivity index (χ0n) is 24.9. The van der Waals surface area contributed by atoms with E-state index in [9.17, 15) is 14.4 Å². The minimum Gasteiger partial charge on any atom is -0.458 e. The van der Waals surface area contributed by atoms with Crippen molar-refractivity contribution in [2.45, 2.75) is 144 Å². The van der Waals surface area contributed by atoms with E-state index in [1.54, 1.807) is 0 Å². The van der Waals surface area contributed by atoms with E-state index in [-0.39, 0.29) is 60.9 Å². The normalized spacial score (nSPS) is 38.9. The van der Waals surface area contributed by atoms with Crippen LogP contribution >= 0.6 is 0 Å². The number of ether oxygens (including phenoxy) is 3. The Morgan fingerprint density at radius 1 is 1.00 bits per heavy atom. The molecule has 5 aliphatic carbocycles. The van der Waals surface area contributed by atoms with Crippen LogP contribution in [0.5, 0.6) is 0 Å². The van der Waals surface area contributed by atoms with Crippen molar-refractivity contribution in [1.82, 2.24) is 0 Å². The minimum atomic E-state index is -0.471. The summed E-state index contributed by atoms with van der Waals surface area (Å²) < 4.78 is 17.3. The van der Waals surface area contributed by atoms with Crippen LogP contribution in [0.4, 0.5) is 0 Å². The van der Waals surface area contributed by atoms with Crippen LogP contribution in [0.2, 0.25) is 0 Å². The van der Waals surface area contributed by atoms with Crippen LogP contribution in [-0.4, -0.2) is 35.7 Å². The van der Waals surface area contributed by atoms with Crippen LogP contribution in [0.3, 0.4) is 0 Å². The summed E-state index contributed by atoms with van der Waals surface area (Å²) in [6.07, 6.45) is 11.4. The van der Waals surface area contributed by atoms with E-state index in [0.29, 0.717) is 11.8 Å². The van der Waals surface area contributed by atoms with E-state index in [1.807, 2.05) is 34.6 Å². The summed E-state index contributed by atoms with van der Waals surface area (Å²) in [5.74, 6) is 3.14. The molecule has 6 rings (SSSR count). The van der Waals surface area contributed by atoms with Crippen LogP contribution in [0, 0.1) is 46.8 Å². The Bertz CT molecular complexity index is 849. The van der Waals surface area contributed by atoms with Crippen molar-refractivity contribution < 1.29 is 28.6 Å². The third kappa shape index (κ3) is 6.35. The highest BCUT2D eigenvalue weighted by molar-refractivity contribution is 5.76. The fourth-order valence-electron chi connectivity index (χ4n) is 8.06. The molecule has 0 spiro atoms. The maximum absolute atomic E-state index is 12.3. The predicted octanol–water partition coefficient (Wildman–Crippen LogP) is 7.51. The van der Waals surface area contributed by atoms with Crippen LogP contribution in [-0.2, 0) is 28.6 Å². The van der Waals surface area contributed by atoms with E-state index in [4.69, 9.17) is 14.2 Å².